The number of hydrogen-bond donors (Lipinski definition) is 1. The number of piperidine rings is 1. The Kier molecular flexibility index (Phi) is 8.55. The zero-order valence-electron chi connectivity index (χ0n) is 22.2. The molecular formula is C30H35NO5S2. The van der Waals surface area contributed by atoms with Crippen molar-refractivity contribution in [2.24, 2.45) is 5.92 Å². The number of nitrogens with zero attached hydrogens (tertiary/aromatic N) is 1. The van der Waals surface area contributed by atoms with Crippen LogP contribution in [0.25, 0.3) is 0 Å². The van der Waals surface area contributed by atoms with Crippen molar-refractivity contribution in [3.63, 3.8) is 0 Å². The van der Waals surface area contributed by atoms with E-state index in [0.29, 0.717) is 17.9 Å². The van der Waals surface area contributed by atoms with Gasteiger partial charge in [-0.1, -0.05) is 75.4 Å². The zero-order valence-corrected chi connectivity index (χ0v) is 23.8. The van der Waals surface area contributed by atoms with Gasteiger partial charge in [0.15, 0.2) is 0 Å². The van der Waals surface area contributed by atoms with E-state index < -0.39 is 28.0 Å². The fourth-order valence-electron chi connectivity index (χ4n) is 4.79. The molecule has 3 aromatic carbocycles. The first-order valence-electron chi connectivity index (χ1n) is 12.7. The van der Waals surface area contributed by atoms with Gasteiger partial charge in [-0.25, -0.2) is 8.42 Å². The molecule has 0 aliphatic carbocycles. The molecule has 3 atom stereocenters. The molecule has 0 saturated carbocycles. The largest absolute Gasteiger partial charge is 0.497 e. The quantitative estimate of drug-likeness (QED) is 0.361. The normalized spacial score (nSPS) is 20.7. The van der Waals surface area contributed by atoms with Crippen LogP contribution < -0.4 is 4.74 Å². The Hall–Kier alpha value is -2.81. The van der Waals surface area contributed by atoms with E-state index in [1.165, 1.54) is 9.87 Å². The predicted molar refractivity (Wildman–Crippen MR) is 152 cm³/mol. The molecule has 6 nitrogen and oxygen atoms in total. The molecule has 0 radical (unpaired) electrons. The second kappa shape index (κ2) is 11.5. The number of aliphatic carboxylic acids is 1. The van der Waals surface area contributed by atoms with Crippen LogP contribution in [0, 0.1) is 5.92 Å². The van der Waals surface area contributed by atoms with Crippen LogP contribution in [0.3, 0.4) is 0 Å². The molecule has 1 aliphatic heterocycles. The fraction of sp³-hybridized carbons (Fsp3) is 0.367. The van der Waals surface area contributed by atoms with E-state index in [1.54, 1.807) is 49.2 Å². The minimum Gasteiger partial charge on any atom is -0.497 e. The number of benzene rings is 3. The second-order valence-corrected chi connectivity index (χ2v) is 13.8. The SMILES string of the molecule is COc1ccc([C@@H]2C[C@@H](SCc3ccc(C(C)(C)C)cc3)[C@H](C(=O)O)CN2S(=O)(=O)c2ccccc2)cc1. The summed E-state index contributed by atoms with van der Waals surface area (Å²) < 4.78 is 34.2. The molecule has 4 rings (SSSR count). The summed E-state index contributed by atoms with van der Waals surface area (Å²) in [6.45, 7) is 6.42. The third kappa shape index (κ3) is 6.25. The first-order chi connectivity index (χ1) is 18.0. The zero-order chi connectivity index (χ0) is 27.5. The average Bonchev–Trinajstić information content (AvgIpc) is 2.91. The van der Waals surface area contributed by atoms with Gasteiger partial charge >= 0.3 is 5.97 Å². The number of carboxylic acids is 1. The summed E-state index contributed by atoms with van der Waals surface area (Å²) >= 11 is 1.59. The summed E-state index contributed by atoms with van der Waals surface area (Å²) in [6.07, 6.45) is 0.389. The number of ether oxygens (including phenoxy) is 1. The standard InChI is InChI=1S/C30H35NO5S2/c1-30(2,3)23-14-10-21(11-15-23)20-37-28-18-27(22-12-16-24(36-4)17-13-22)31(19-26(28)29(32)33)38(34,35)25-8-6-5-7-9-25/h5-17,26-28H,18-20H2,1-4H3,(H,32,33)/t26-,27+,28-/m1/s1. The van der Waals surface area contributed by atoms with Crippen molar-refractivity contribution in [2.45, 2.75) is 54.5 Å². The molecule has 8 heteroatoms. The molecule has 0 bridgehead atoms. The number of rotatable bonds is 8. The number of carbonyl (C=O) groups is 1. The molecule has 0 unspecified atom stereocenters. The van der Waals surface area contributed by atoms with Crippen molar-refractivity contribution in [1.82, 2.24) is 4.31 Å². The van der Waals surface area contributed by atoms with Crippen LogP contribution in [0.2, 0.25) is 0 Å². The van der Waals surface area contributed by atoms with Crippen molar-refractivity contribution < 1.29 is 23.1 Å². The maximum Gasteiger partial charge on any atom is 0.308 e. The van der Waals surface area contributed by atoms with Crippen LogP contribution in [0.1, 0.15) is 49.9 Å². The van der Waals surface area contributed by atoms with E-state index >= 15 is 0 Å². The van der Waals surface area contributed by atoms with E-state index in [-0.39, 0.29) is 22.1 Å². The number of thioether (sulfide) groups is 1. The molecule has 202 valence electrons. The van der Waals surface area contributed by atoms with E-state index in [0.717, 1.165) is 11.1 Å². The molecule has 0 aromatic heterocycles. The number of hydrogen-bond acceptors (Lipinski definition) is 5. The number of methoxy groups -OCH3 is 1. The van der Waals surface area contributed by atoms with Gasteiger partial charge in [0, 0.05) is 17.5 Å². The lowest BCUT2D eigenvalue weighted by Gasteiger charge is -2.41. The van der Waals surface area contributed by atoms with Crippen LogP contribution in [0.5, 0.6) is 5.75 Å². The molecule has 38 heavy (non-hydrogen) atoms. The van der Waals surface area contributed by atoms with Crippen molar-refractivity contribution in [3.8, 4) is 5.75 Å². The van der Waals surface area contributed by atoms with Crippen molar-refractivity contribution in [2.75, 3.05) is 13.7 Å². The molecule has 0 amide bonds. The topological polar surface area (TPSA) is 83.9 Å². The maximum atomic E-state index is 13.8. The lowest BCUT2D eigenvalue weighted by molar-refractivity contribution is -0.143. The van der Waals surface area contributed by atoms with Gasteiger partial charge in [0.2, 0.25) is 10.0 Å². The lowest BCUT2D eigenvalue weighted by atomic mass is 9.87. The average molecular weight is 554 g/mol. The highest BCUT2D eigenvalue weighted by Crippen LogP contribution is 2.43. The third-order valence-electron chi connectivity index (χ3n) is 7.08. The first-order valence-corrected chi connectivity index (χ1v) is 15.1. The Morgan fingerprint density at radius 1 is 1.00 bits per heavy atom. The highest BCUT2D eigenvalue weighted by molar-refractivity contribution is 7.99. The Morgan fingerprint density at radius 3 is 2.18 bits per heavy atom. The lowest BCUT2D eigenvalue weighted by Crippen LogP contribution is -2.49. The summed E-state index contributed by atoms with van der Waals surface area (Å²) in [7, 11) is -2.34. The molecule has 1 aliphatic rings. The molecule has 3 aromatic rings. The summed E-state index contributed by atoms with van der Waals surface area (Å²) in [5.41, 5.74) is 3.23. The van der Waals surface area contributed by atoms with E-state index in [1.807, 2.05) is 24.3 Å². The minimum atomic E-state index is -3.92. The number of carboxylic acid groups (broad SMARTS) is 1. The minimum absolute atomic E-state index is 0.0583. The van der Waals surface area contributed by atoms with Gasteiger partial charge in [0.1, 0.15) is 5.75 Å². The number of sulfonamides is 1. The van der Waals surface area contributed by atoms with Gasteiger partial charge < -0.3 is 9.84 Å². The Labute approximate surface area is 230 Å². The molecule has 1 fully saturated rings. The summed E-state index contributed by atoms with van der Waals surface area (Å²) in [5, 5.41) is 9.90. The predicted octanol–water partition coefficient (Wildman–Crippen LogP) is 6.13. The molecule has 0 spiro atoms. The van der Waals surface area contributed by atoms with Crippen molar-refractivity contribution >= 4 is 27.8 Å². The molecule has 1 N–H and O–H groups in total. The summed E-state index contributed by atoms with van der Waals surface area (Å²) in [5.74, 6) is -0.483. The summed E-state index contributed by atoms with van der Waals surface area (Å²) in [4.78, 5) is 12.6. The van der Waals surface area contributed by atoms with Crippen molar-refractivity contribution in [3.05, 3.63) is 95.6 Å². The van der Waals surface area contributed by atoms with Crippen molar-refractivity contribution in [1.29, 1.82) is 0 Å². The van der Waals surface area contributed by atoms with E-state index in [9.17, 15) is 18.3 Å². The monoisotopic (exact) mass is 553 g/mol. The molecule has 1 saturated heterocycles. The van der Waals surface area contributed by atoms with Crippen LogP contribution in [-0.2, 0) is 26.0 Å². The highest BCUT2D eigenvalue weighted by Gasteiger charge is 2.45. The van der Waals surface area contributed by atoms with Crippen LogP contribution in [-0.4, -0.2) is 42.7 Å². The first kappa shape index (κ1) is 28.2. The van der Waals surface area contributed by atoms with Gasteiger partial charge in [-0.2, -0.15) is 16.1 Å². The van der Waals surface area contributed by atoms with E-state index in [4.69, 9.17) is 4.74 Å². The van der Waals surface area contributed by atoms with Crippen LogP contribution in [0.15, 0.2) is 83.8 Å². The highest BCUT2D eigenvalue weighted by atomic mass is 32.2. The Balaban J connectivity index is 1.64. The molecular weight excluding hydrogens is 518 g/mol. The van der Waals surface area contributed by atoms with Gasteiger partial charge in [-0.15, -0.1) is 0 Å². The van der Waals surface area contributed by atoms with Crippen LogP contribution >= 0.6 is 11.8 Å². The van der Waals surface area contributed by atoms with Gasteiger partial charge in [0.05, 0.1) is 24.0 Å². The molecule has 1 heterocycles. The van der Waals surface area contributed by atoms with Crippen LogP contribution in [0.4, 0.5) is 0 Å². The summed E-state index contributed by atoms with van der Waals surface area (Å²) in [6, 6.07) is 23.5. The smallest absolute Gasteiger partial charge is 0.308 e. The van der Waals surface area contributed by atoms with Gasteiger partial charge in [0.25, 0.3) is 0 Å². The van der Waals surface area contributed by atoms with E-state index in [2.05, 4.69) is 45.0 Å². The van der Waals surface area contributed by atoms with Gasteiger partial charge in [-0.05, 0) is 52.8 Å². The Bertz CT molecular complexity index is 1330. The third-order valence-corrected chi connectivity index (χ3v) is 10.4. The Morgan fingerprint density at radius 2 is 1.63 bits per heavy atom. The second-order valence-electron chi connectivity index (χ2n) is 10.7. The van der Waals surface area contributed by atoms with Gasteiger partial charge in [-0.3, -0.25) is 4.79 Å². The fourth-order valence-corrected chi connectivity index (χ4v) is 7.81. The maximum absolute atomic E-state index is 13.8.